The Balaban J connectivity index is 3.11. The molecule has 0 atom stereocenters. The summed E-state index contributed by atoms with van der Waals surface area (Å²) < 4.78 is 5.89. The van der Waals surface area contributed by atoms with Crippen molar-refractivity contribution in [3.63, 3.8) is 0 Å². The molecule has 0 fully saturated rings. The summed E-state index contributed by atoms with van der Waals surface area (Å²) in [5.74, 6) is 0.634. The van der Waals surface area contributed by atoms with Crippen molar-refractivity contribution >= 4 is 21.6 Å². The molecule has 1 heterocycles. The molecule has 0 aromatic carbocycles. The summed E-state index contributed by atoms with van der Waals surface area (Å²) in [5.41, 5.74) is 0.973. The number of methoxy groups -OCH3 is 1. The van der Waals surface area contributed by atoms with Crippen molar-refractivity contribution in [2.45, 2.75) is 0 Å². The number of aromatic nitrogens is 1. The van der Waals surface area contributed by atoms with Gasteiger partial charge >= 0.3 is 0 Å². The molecular weight excluding hydrogens is 220 g/mol. The normalized spacial score (nSPS) is 9.67. The Morgan fingerprint density at radius 2 is 2.08 bits per heavy atom. The highest BCUT2D eigenvalue weighted by molar-refractivity contribution is 9.10. The van der Waals surface area contributed by atoms with Crippen molar-refractivity contribution in [2.75, 3.05) is 26.1 Å². The molecule has 12 heavy (non-hydrogen) atoms. The van der Waals surface area contributed by atoms with Crippen molar-refractivity contribution in [3.05, 3.63) is 16.7 Å². The number of ether oxygens (including phenoxy) is 1. The molecule has 0 N–H and O–H groups in total. The molecule has 0 saturated heterocycles. The maximum absolute atomic E-state index is 5.10. The van der Waals surface area contributed by atoms with Gasteiger partial charge in [-0.25, -0.2) is 4.98 Å². The van der Waals surface area contributed by atoms with Gasteiger partial charge in [-0.3, -0.25) is 0 Å². The minimum absolute atomic E-state index is 0.634. The first-order valence-corrected chi connectivity index (χ1v) is 4.32. The smallest absolute Gasteiger partial charge is 0.238 e. The average Bonchev–Trinajstić information content (AvgIpc) is 2.03. The van der Waals surface area contributed by atoms with Gasteiger partial charge in [-0.1, -0.05) is 0 Å². The Hall–Kier alpha value is -0.770. The Labute approximate surface area is 80.5 Å². The molecule has 1 rings (SSSR count). The van der Waals surface area contributed by atoms with E-state index in [4.69, 9.17) is 4.74 Å². The molecular formula is C8H11BrN2O. The number of hydrogen-bond acceptors (Lipinski definition) is 3. The van der Waals surface area contributed by atoms with Crippen LogP contribution in [0.2, 0.25) is 0 Å². The first kappa shape index (κ1) is 9.32. The Morgan fingerprint density at radius 1 is 1.42 bits per heavy atom. The van der Waals surface area contributed by atoms with Crippen LogP contribution in [0.25, 0.3) is 0 Å². The van der Waals surface area contributed by atoms with E-state index < -0.39 is 0 Å². The van der Waals surface area contributed by atoms with E-state index in [0.717, 1.165) is 10.3 Å². The number of anilines is 1. The van der Waals surface area contributed by atoms with Crippen LogP contribution in [0.3, 0.4) is 0 Å². The fourth-order valence-electron chi connectivity index (χ4n) is 0.901. The van der Waals surface area contributed by atoms with Crippen LogP contribution in [0, 0.1) is 0 Å². The summed E-state index contributed by atoms with van der Waals surface area (Å²) in [6, 6.07) is 3.84. The minimum atomic E-state index is 0.634. The lowest BCUT2D eigenvalue weighted by molar-refractivity contribution is 0.398. The van der Waals surface area contributed by atoms with Crippen LogP contribution in [-0.4, -0.2) is 26.2 Å². The molecule has 0 aliphatic carbocycles. The fourth-order valence-corrected chi connectivity index (χ4v) is 1.19. The fraction of sp³-hybridized carbons (Fsp3) is 0.375. The molecule has 1 aromatic heterocycles. The van der Waals surface area contributed by atoms with Crippen molar-refractivity contribution in [2.24, 2.45) is 0 Å². The molecule has 0 amide bonds. The lowest BCUT2D eigenvalue weighted by Crippen LogP contribution is -2.10. The van der Waals surface area contributed by atoms with E-state index in [0.29, 0.717) is 5.88 Å². The van der Waals surface area contributed by atoms with E-state index >= 15 is 0 Å². The van der Waals surface area contributed by atoms with Crippen molar-refractivity contribution in [1.82, 2.24) is 4.98 Å². The van der Waals surface area contributed by atoms with E-state index in [1.807, 2.05) is 31.1 Å². The molecule has 0 saturated carbocycles. The topological polar surface area (TPSA) is 25.4 Å². The van der Waals surface area contributed by atoms with Crippen LogP contribution in [0.1, 0.15) is 0 Å². The Morgan fingerprint density at radius 3 is 2.58 bits per heavy atom. The number of nitrogens with zero attached hydrogens (tertiary/aromatic N) is 2. The molecule has 66 valence electrons. The van der Waals surface area contributed by atoms with Crippen molar-refractivity contribution in [1.29, 1.82) is 0 Å². The molecule has 4 heteroatoms. The highest BCUT2D eigenvalue weighted by Gasteiger charge is 2.05. The van der Waals surface area contributed by atoms with Gasteiger partial charge < -0.3 is 9.64 Å². The van der Waals surface area contributed by atoms with E-state index in [2.05, 4.69) is 20.9 Å². The van der Waals surface area contributed by atoms with Crippen LogP contribution in [0.4, 0.5) is 5.69 Å². The lowest BCUT2D eigenvalue weighted by atomic mass is 10.4. The number of pyridine rings is 1. The summed E-state index contributed by atoms with van der Waals surface area (Å²) >= 11 is 3.28. The molecule has 0 spiro atoms. The highest BCUT2D eigenvalue weighted by Crippen LogP contribution is 2.25. The molecule has 0 unspecified atom stereocenters. The Bertz CT molecular complexity index is 276. The molecule has 3 nitrogen and oxygen atoms in total. The second kappa shape index (κ2) is 3.76. The van der Waals surface area contributed by atoms with Crippen molar-refractivity contribution in [3.8, 4) is 5.88 Å². The molecule has 0 aliphatic heterocycles. The average molecular weight is 231 g/mol. The quantitative estimate of drug-likeness (QED) is 0.727. The maximum Gasteiger partial charge on any atom is 0.238 e. The minimum Gasteiger partial charge on any atom is -0.479 e. The SMILES string of the molecule is COc1nc(Br)ccc1N(C)C. The third kappa shape index (κ3) is 1.88. The number of hydrogen-bond donors (Lipinski definition) is 0. The maximum atomic E-state index is 5.10. The zero-order valence-corrected chi connectivity index (χ0v) is 8.92. The number of halogens is 1. The van der Waals surface area contributed by atoms with Gasteiger partial charge in [0.25, 0.3) is 0 Å². The van der Waals surface area contributed by atoms with E-state index in [1.54, 1.807) is 7.11 Å². The molecule has 1 aromatic rings. The highest BCUT2D eigenvalue weighted by atomic mass is 79.9. The van der Waals surface area contributed by atoms with E-state index in [1.165, 1.54) is 0 Å². The predicted octanol–water partition coefficient (Wildman–Crippen LogP) is 1.92. The second-order valence-corrected chi connectivity index (χ2v) is 3.37. The zero-order valence-electron chi connectivity index (χ0n) is 7.34. The van der Waals surface area contributed by atoms with Gasteiger partial charge in [0, 0.05) is 14.1 Å². The lowest BCUT2D eigenvalue weighted by Gasteiger charge is -2.14. The summed E-state index contributed by atoms with van der Waals surface area (Å²) in [6.45, 7) is 0. The van der Waals surface area contributed by atoms with Gasteiger partial charge in [0.1, 0.15) is 4.60 Å². The third-order valence-electron chi connectivity index (χ3n) is 1.48. The first-order valence-electron chi connectivity index (χ1n) is 3.53. The molecule has 0 aliphatic rings. The van der Waals surface area contributed by atoms with E-state index in [-0.39, 0.29) is 0 Å². The van der Waals surface area contributed by atoms with Gasteiger partial charge in [-0.2, -0.15) is 0 Å². The monoisotopic (exact) mass is 230 g/mol. The van der Waals surface area contributed by atoms with Crippen LogP contribution < -0.4 is 9.64 Å². The Kier molecular flexibility index (Phi) is 2.92. The van der Waals surface area contributed by atoms with Crippen molar-refractivity contribution < 1.29 is 4.74 Å². The second-order valence-electron chi connectivity index (χ2n) is 2.56. The summed E-state index contributed by atoms with van der Waals surface area (Å²) in [6.07, 6.45) is 0. The van der Waals surface area contributed by atoms with Crippen LogP contribution in [-0.2, 0) is 0 Å². The summed E-state index contributed by atoms with van der Waals surface area (Å²) in [5, 5.41) is 0. The van der Waals surface area contributed by atoms with Gasteiger partial charge in [0.2, 0.25) is 5.88 Å². The molecule has 0 bridgehead atoms. The number of rotatable bonds is 2. The third-order valence-corrected chi connectivity index (χ3v) is 1.92. The van der Waals surface area contributed by atoms with Gasteiger partial charge in [0.05, 0.1) is 12.8 Å². The molecule has 0 radical (unpaired) electrons. The predicted molar refractivity (Wildman–Crippen MR) is 52.8 cm³/mol. The van der Waals surface area contributed by atoms with Gasteiger partial charge in [-0.15, -0.1) is 0 Å². The van der Waals surface area contributed by atoms with Crippen LogP contribution >= 0.6 is 15.9 Å². The zero-order chi connectivity index (χ0) is 9.14. The van der Waals surface area contributed by atoms with E-state index in [9.17, 15) is 0 Å². The summed E-state index contributed by atoms with van der Waals surface area (Å²) in [4.78, 5) is 6.12. The first-order chi connectivity index (χ1) is 5.65. The standard InChI is InChI=1S/C8H11BrN2O/c1-11(2)6-4-5-7(9)10-8(6)12-3/h4-5H,1-3H3. The largest absolute Gasteiger partial charge is 0.479 e. The summed E-state index contributed by atoms with van der Waals surface area (Å²) in [7, 11) is 5.52. The van der Waals surface area contributed by atoms with Gasteiger partial charge in [-0.05, 0) is 28.1 Å². The van der Waals surface area contributed by atoms with Crippen LogP contribution in [0.15, 0.2) is 16.7 Å². The van der Waals surface area contributed by atoms with Gasteiger partial charge in [0.15, 0.2) is 0 Å². The van der Waals surface area contributed by atoms with Crippen LogP contribution in [0.5, 0.6) is 5.88 Å².